The number of likely N-dealkylation sites (N-methyl/N-ethyl adjacent to an activating group) is 1. The molecule has 0 atom stereocenters. The fourth-order valence-corrected chi connectivity index (χ4v) is 2.82. The normalized spacial score (nSPS) is 11.7. The number of carboxylic acids is 1. The first-order valence-corrected chi connectivity index (χ1v) is 6.74. The Morgan fingerprint density at radius 3 is 2.38 bits per heavy atom. The number of hydrogen-bond acceptors (Lipinski definition) is 3. The fourth-order valence-electron chi connectivity index (χ4n) is 1.24. The van der Waals surface area contributed by atoms with Crippen molar-refractivity contribution in [3.8, 4) is 0 Å². The molecule has 0 fully saturated rings. The van der Waals surface area contributed by atoms with Gasteiger partial charge in [-0.2, -0.15) is 4.31 Å². The topological polar surface area (TPSA) is 74.7 Å². The maximum absolute atomic E-state index is 11.8. The Balaban J connectivity index is 4.38. The van der Waals surface area contributed by atoms with Crippen molar-refractivity contribution in [3.05, 3.63) is 12.2 Å². The summed E-state index contributed by atoms with van der Waals surface area (Å²) in [7, 11) is -3.35. The van der Waals surface area contributed by atoms with Crippen molar-refractivity contribution in [1.82, 2.24) is 4.31 Å². The summed E-state index contributed by atoms with van der Waals surface area (Å²) >= 11 is 0. The Bertz CT molecular complexity index is 348. The molecule has 0 aliphatic rings. The van der Waals surface area contributed by atoms with Crippen LogP contribution < -0.4 is 0 Å². The highest BCUT2D eigenvalue weighted by atomic mass is 32.2. The van der Waals surface area contributed by atoms with E-state index in [4.69, 9.17) is 5.11 Å². The molecule has 0 saturated carbocycles. The van der Waals surface area contributed by atoms with Crippen molar-refractivity contribution in [1.29, 1.82) is 0 Å². The molecule has 0 aromatic heterocycles. The highest BCUT2D eigenvalue weighted by Gasteiger charge is 2.20. The molecule has 0 aromatic carbocycles. The fraction of sp³-hybridized carbons (Fsp3) is 0.700. The minimum Gasteiger partial charge on any atom is -0.481 e. The largest absolute Gasteiger partial charge is 0.481 e. The van der Waals surface area contributed by atoms with Gasteiger partial charge in [-0.05, 0) is 13.3 Å². The highest BCUT2D eigenvalue weighted by Crippen LogP contribution is 2.07. The average Bonchev–Trinajstić information content (AvgIpc) is 2.12. The number of sulfonamides is 1. The van der Waals surface area contributed by atoms with Crippen molar-refractivity contribution in [2.45, 2.75) is 26.7 Å². The van der Waals surface area contributed by atoms with Crippen molar-refractivity contribution >= 4 is 16.0 Å². The number of nitrogens with zero attached hydrogens (tertiary/aromatic N) is 1. The zero-order valence-electron chi connectivity index (χ0n) is 9.77. The van der Waals surface area contributed by atoms with Gasteiger partial charge in [0.1, 0.15) is 0 Å². The smallest absolute Gasteiger partial charge is 0.303 e. The summed E-state index contributed by atoms with van der Waals surface area (Å²) in [6.07, 6.45) is 0.0220. The van der Waals surface area contributed by atoms with E-state index in [1.807, 2.05) is 0 Å². The molecular weight excluding hydrogens is 230 g/mol. The molecule has 0 amide bonds. The van der Waals surface area contributed by atoms with E-state index in [9.17, 15) is 13.2 Å². The van der Waals surface area contributed by atoms with Crippen LogP contribution in [0.5, 0.6) is 0 Å². The quantitative estimate of drug-likeness (QED) is 0.653. The molecule has 0 heterocycles. The highest BCUT2D eigenvalue weighted by molar-refractivity contribution is 7.89. The lowest BCUT2D eigenvalue weighted by Crippen LogP contribution is -2.34. The molecule has 0 unspecified atom stereocenters. The zero-order valence-corrected chi connectivity index (χ0v) is 10.6. The predicted molar refractivity (Wildman–Crippen MR) is 62.7 cm³/mol. The third-order valence-corrected chi connectivity index (χ3v) is 3.96. The van der Waals surface area contributed by atoms with Crippen molar-refractivity contribution in [2.75, 3.05) is 18.8 Å². The Labute approximate surface area is 96.8 Å². The van der Waals surface area contributed by atoms with Crippen LogP contribution in [0.3, 0.4) is 0 Å². The van der Waals surface area contributed by atoms with E-state index >= 15 is 0 Å². The molecule has 0 aliphatic carbocycles. The van der Waals surface area contributed by atoms with Crippen molar-refractivity contribution in [2.24, 2.45) is 0 Å². The molecule has 1 N–H and O–H groups in total. The monoisotopic (exact) mass is 249 g/mol. The van der Waals surface area contributed by atoms with Gasteiger partial charge in [0.05, 0.1) is 5.75 Å². The average molecular weight is 249 g/mol. The summed E-state index contributed by atoms with van der Waals surface area (Å²) in [6.45, 7) is 7.85. The third-order valence-electron chi connectivity index (χ3n) is 1.99. The molecule has 0 bridgehead atoms. The Morgan fingerprint density at radius 2 is 2.00 bits per heavy atom. The lowest BCUT2D eigenvalue weighted by atomic mass is 10.3. The second-order valence-electron chi connectivity index (χ2n) is 3.70. The van der Waals surface area contributed by atoms with E-state index in [1.165, 1.54) is 4.31 Å². The maximum atomic E-state index is 11.8. The number of hydrogen-bond donors (Lipinski definition) is 1. The summed E-state index contributed by atoms with van der Waals surface area (Å²) in [6, 6.07) is 0. The standard InChI is InChI=1S/C10H19NO4S/c1-4-11(8-9(2)3)16(14,15)7-5-6-10(12)13/h2,4-8H2,1,3H3,(H,12,13). The summed E-state index contributed by atoms with van der Waals surface area (Å²) < 4.78 is 24.9. The van der Waals surface area contributed by atoms with E-state index in [2.05, 4.69) is 6.58 Å². The van der Waals surface area contributed by atoms with E-state index in [-0.39, 0.29) is 18.6 Å². The molecule has 5 nitrogen and oxygen atoms in total. The van der Waals surface area contributed by atoms with Gasteiger partial charge in [-0.3, -0.25) is 4.79 Å². The summed E-state index contributed by atoms with van der Waals surface area (Å²) in [5.41, 5.74) is 0.767. The predicted octanol–water partition coefficient (Wildman–Crippen LogP) is 1.08. The van der Waals surface area contributed by atoms with Gasteiger partial charge in [-0.15, -0.1) is 0 Å². The Kier molecular flexibility index (Phi) is 6.28. The van der Waals surface area contributed by atoms with Gasteiger partial charge in [-0.1, -0.05) is 19.1 Å². The van der Waals surface area contributed by atoms with Gasteiger partial charge in [-0.25, -0.2) is 8.42 Å². The maximum Gasteiger partial charge on any atom is 0.303 e. The molecule has 0 aromatic rings. The SMILES string of the molecule is C=C(C)CN(CC)S(=O)(=O)CCCC(=O)O. The molecule has 94 valence electrons. The van der Waals surface area contributed by atoms with Gasteiger partial charge in [0, 0.05) is 19.5 Å². The lowest BCUT2D eigenvalue weighted by Gasteiger charge is -2.20. The number of carbonyl (C=O) groups is 1. The van der Waals surface area contributed by atoms with Crippen LogP contribution in [0.15, 0.2) is 12.2 Å². The minimum absolute atomic E-state index is 0.121. The van der Waals surface area contributed by atoms with E-state index in [1.54, 1.807) is 13.8 Å². The van der Waals surface area contributed by atoms with Crippen LogP contribution in [-0.4, -0.2) is 42.6 Å². The summed E-state index contributed by atoms with van der Waals surface area (Å²) in [4.78, 5) is 10.3. The van der Waals surface area contributed by atoms with Crippen LogP contribution in [0, 0.1) is 0 Å². The van der Waals surface area contributed by atoms with Gasteiger partial charge < -0.3 is 5.11 Å². The first-order chi connectivity index (χ1) is 7.29. The molecular formula is C10H19NO4S. The van der Waals surface area contributed by atoms with Crippen LogP contribution in [0.2, 0.25) is 0 Å². The molecule has 16 heavy (non-hydrogen) atoms. The van der Waals surface area contributed by atoms with Crippen LogP contribution >= 0.6 is 0 Å². The molecule has 0 saturated heterocycles. The Hall–Kier alpha value is -0.880. The van der Waals surface area contributed by atoms with E-state index in [0.717, 1.165) is 5.57 Å². The minimum atomic E-state index is -3.35. The van der Waals surface area contributed by atoms with Crippen LogP contribution in [0.25, 0.3) is 0 Å². The van der Waals surface area contributed by atoms with Crippen LogP contribution in [0.4, 0.5) is 0 Å². The van der Waals surface area contributed by atoms with Gasteiger partial charge >= 0.3 is 5.97 Å². The van der Waals surface area contributed by atoms with Gasteiger partial charge in [0.15, 0.2) is 0 Å². The molecule has 6 heteroatoms. The first kappa shape index (κ1) is 15.1. The molecule has 0 rings (SSSR count). The van der Waals surface area contributed by atoms with Crippen molar-refractivity contribution < 1.29 is 18.3 Å². The van der Waals surface area contributed by atoms with Crippen LogP contribution in [0.1, 0.15) is 26.7 Å². The molecule has 0 aliphatic heterocycles. The van der Waals surface area contributed by atoms with Gasteiger partial charge in [0.2, 0.25) is 10.0 Å². The summed E-state index contributed by atoms with van der Waals surface area (Å²) in [5, 5.41) is 8.43. The van der Waals surface area contributed by atoms with Crippen molar-refractivity contribution in [3.63, 3.8) is 0 Å². The Morgan fingerprint density at radius 1 is 1.44 bits per heavy atom. The number of carboxylic acid groups (broad SMARTS) is 1. The van der Waals surface area contributed by atoms with Gasteiger partial charge in [0.25, 0.3) is 0 Å². The summed E-state index contributed by atoms with van der Waals surface area (Å²) in [5.74, 6) is -1.10. The van der Waals surface area contributed by atoms with E-state index < -0.39 is 16.0 Å². The lowest BCUT2D eigenvalue weighted by molar-refractivity contribution is -0.137. The second-order valence-corrected chi connectivity index (χ2v) is 5.79. The number of aliphatic carboxylic acids is 1. The zero-order chi connectivity index (χ0) is 12.8. The number of rotatable bonds is 8. The molecule has 0 spiro atoms. The van der Waals surface area contributed by atoms with E-state index in [0.29, 0.717) is 13.1 Å². The second kappa shape index (κ2) is 6.65. The molecule has 0 radical (unpaired) electrons. The first-order valence-electron chi connectivity index (χ1n) is 5.13. The third kappa shape index (κ3) is 5.87. The van der Waals surface area contributed by atoms with Crippen LogP contribution in [-0.2, 0) is 14.8 Å².